The number of carbonyl (C=O) groups excluding carboxylic acids is 1. The molecule has 0 aliphatic carbocycles. The normalized spacial score (nSPS) is 11.9. The van der Waals surface area contributed by atoms with Gasteiger partial charge in [-0.15, -0.1) is 5.10 Å². The maximum absolute atomic E-state index is 13.6. The molecule has 1 aromatic heterocycles. The second-order valence-electron chi connectivity index (χ2n) is 5.46. The Bertz CT molecular complexity index is 840. The minimum atomic E-state index is -0.550. The number of aliphatic hydroxyl groups is 1. The van der Waals surface area contributed by atoms with E-state index in [9.17, 15) is 14.3 Å². The lowest BCUT2D eigenvalue weighted by Gasteiger charge is -2.17. The fraction of sp³-hybridized carbons (Fsp3) is 0.176. The van der Waals surface area contributed by atoms with E-state index < -0.39 is 17.8 Å². The van der Waals surface area contributed by atoms with E-state index in [1.807, 2.05) is 30.3 Å². The van der Waals surface area contributed by atoms with Gasteiger partial charge in [0, 0.05) is 0 Å². The molecule has 8 heteroatoms. The van der Waals surface area contributed by atoms with Crippen LogP contribution in [0, 0.1) is 5.82 Å². The van der Waals surface area contributed by atoms with Crippen molar-refractivity contribution in [2.24, 2.45) is 0 Å². The van der Waals surface area contributed by atoms with Crippen molar-refractivity contribution in [1.29, 1.82) is 0 Å². The molecule has 2 N–H and O–H groups in total. The number of aromatic nitrogens is 4. The Morgan fingerprint density at radius 3 is 2.72 bits per heavy atom. The van der Waals surface area contributed by atoms with Crippen molar-refractivity contribution in [1.82, 2.24) is 25.5 Å². The summed E-state index contributed by atoms with van der Waals surface area (Å²) in [4.78, 5) is 12.6. The molecule has 0 saturated heterocycles. The molecule has 0 aliphatic heterocycles. The molecule has 7 nitrogen and oxygen atoms in total. The molecule has 0 unspecified atom stereocenters. The van der Waals surface area contributed by atoms with Gasteiger partial charge in [0.2, 0.25) is 0 Å². The summed E-state index contributed by atoms with van der Waals surface area (Å²) in [6.07, 6.45) is 1.77. The van der Waals surface area contributed by atoms with Gasteiger partial charge >= 0.3 is 0 Å². The molecule has 0 radical (unpaired) electrons. The number of tetrazole rings is 1. The van der Waals surface area contributed by atoms with E-state index in [1.54, 1.807) is 0 Å². The monoisotopic (exact) mass is 341 g/mol. The first-order valence-corrected chi connectivity index (χ1v) is 7.66. The fourth-order valence-electron chi connectivity index (χ4n) is 2.48. The predicted molar refractivity (Wildman–Crippen MR) is 87.6 cm³/mol. The van der Waals surface area contributed by atoms with Gasteiger partial charge in [-0.05, 0) is 40.6 Å². The summed E-state index contributed by atoms with van der Waals surface area (Å²) in [5.41, 5.74) is 1.40. The van der Waals surface area contributed by atoms with Crippen LogP contribution in [-0.2, 0) is 6.42 Å². The zero-order valence-electron chi connectivity index (χ0n) is 13.2. The van der Waals surface area contributed by atoms with Crippen LogP contribution in [0.4, 0.5) is 4.39 Å². The lowest BCUT2D eigenvalue weighted by molar-refractivity contribution is 0.0916. The Balaban J connectivity index is 1.81. The van der Waals surface area contributed by atoms with Crippen LogP contribution in [0.25, 0.3) is 5.69 Å². The maximum atomic E-state index is 13.6. The quantitative estimate of drug-likeness (QED) is 0.701. The van der Waals surface area contributed by atoms with E-state index >= 15 is 0 Å². The molecule has 1 heterocycles. The summed E-state index contributed by atoms with van der Waals surface area (Å²) in [6.45, 7) is -0.240. The second-order valence-corrected chi connectivity index (χ2v) is 5.46. The number of aliphatic hydroxyl groups excluding tert-OH is 1. The van der Waals surface area contributed by atoms with Crippen molar-refractivity contribution in [2.45, 2.75) is 12.5 Å². The van der Waals surface area contributed by atoms with Crippen LogP contribution < -0.4 is 5.32 Å². The smallest absolute Gasteiger partial charge is 0.253 e. The number of nitrogens with zero attached hydrogens (tertiary/aromatic N) is 4. The van der Waals surface area contributed by atoms with Crippen molar-refractivity contribution >= 4 is 5.91 Å². The average molecular weight is 341 g/mol. The summed E-state index contributed by atoms with van der Waals surface area (Å²) >= 11 is 0. The zero-order chi connectivity index (χ0) is 17.6. The molecular weight excluding hydrogens is 325 g/mol. The van der Waals surface area contributed by atoms with Gasteiger partial charge < -0.3 is 10.4 Å². The number of rotatable bonds is 6. The number of nitrogens with one attached hydrogen (secondary N) is 1. The Labute approximate surface area is 143 Å². The first kappa shape index (κ1) is 16.7. The lowest BCUT2D eigenvalue weighted by atomic mass is 10.1. The van der Waals surface area contributed by atoms with Crippen LogP contribution in [-0.4, -0.2) is 43.9 Å². The third kappa shape index (κ3) is 4.04. The van der Waals surface area contributed by atoms with Crippen molar-refractivity contribution in [2.75, 3.05) is 6.61 Å². The van der Waals surface area contributed by atoms with Gasteiger partial charge in [0.25, 0.3) is 5.91 Å². The van der Waals surface area contributed by atoms with Gasteiger partial charge in [0.15, 0.2) is 0 Å². The maximum Gasteiger partial charge on any atom is 0.253 e. The topological polar surface area (TPSA) is 92.9 Å². The first-order valence-electron chi connectivity index (χ1n) is 7.66. The standard InChI is InChI=1S/C17H16FN5O2/c18-13-6-7-16(23-11-19-21-22-23)15(9-13)17(25)20-14(10-24)8-12-4-2-1-3-5-12/h1-7,9,11,14,24H,8,10H2,(H,20,25)/t14-/m0/s1. The van der Waals surface area contributed by atoms with E-state index in [4.69, 9.17) is 0 Å². The molecule has 25 heavy (non-hydrogen) atoms. The highest BCUT2D eigenvalue weighted by molar-refractivity contribution is 5.98. The molecule has 3 rings (SSSR count). The molecular formula is C17H16FN5O2. The summed E-state index contributed by atoms with van der Waals surface area (Å²) in [7, 11) is 0. The van der Waals surface area contributed by atoms with Crippen molar-refractivity contribution in [3.05, 3.63) is 71.8 Å². The fourth-order valence-corrected chi connectivity index (χ4v) is 2.48. The van der Waals surface area contributed by atoms with E-state index in [2.05, 4.69) is 20.8 Å². The summed E-state index contributed by atoms with van der Waals surface area (Å²) < 4.78 is 14.9. The van der Waals surface area contributed by atoms with E-state index in [0.29, 0.717) is 12.1 Å². The third-order valence-electron chi connectivity index (χ3n) is 3.68. The van der Waals surface area contributed by atoms with Crippen LogP contribution in [0.3, 0.4) is 0 Å². The summed E-state index contributed by atoms with van der Waals surface area (Å²) in [5.74, 6) is -1.06. The molecule has 0 saturated carbocycles. The van der Waals surface area contributed by atoms with Crippen LogP contribution in [0.15, 0.2) is 54.9 Å². The molecule has 0 bridgehead atoms. The number of benzene rings is 2. The Morgan fingerprint density at radius 2 is 2.04 bits per heavy atom. The molecule has 1 atom stereocenters. The number of halogens is 1. The van der Waals surface area contributed by atoms with Crippen molar-refractivity contribution in [3.8, 4) is 5.69 Å². The Hall–Kier alpha value is -3.13. The Morgan fingerprint density at radius 1 is 1.24 bits per heavy atom. The van der Waals surface area contributed by atoms with E-state index in [1.165, 1.54) is 23.1 Å². The van der Waals surface area contributed by atoms with Crippen LogP contribution in [0.2, 0.25) is 0 Å². The number of hydrogen-bond donors (Lipinski definition) is 2. The molecule has 2 aromatic carbocycles. The predicted octanol–water partition coefficient (Wildman–Crippen LogP) is 1.13. The minimum absolute atomic E-state index is 0.0822. The molecule has 0 aliphatic rings. The second kappa shape index (κ2) is 7.63. The van der Waals surface area contributed by atoms with Crippen LogP contribution >= 0.6 is 0 Å². The van der Waals surface area contributed by atoms with Gasteiger partial charge in [-0.25, -0.2) is 4.39 Å². The van der Waals surface area contributed by atoms with Gasteiger partial charge in [-0.1, -0.05) is 30.3 Å². The van der Waals surface area contributed by atoms with Crippen molar-refractivity contribution < 1.29 is 14.3 Å². The van der Waals surface area contributed by atoms with Crippen LogP contribution in [0.1, 0.15) is 15.9 Å². The lowest BCUT2D eigenvalue weighted by Crippen LogP contribution is -2.39. The number of hydrogen-bond acceptors (Lipinski definition) is 5. The van der Waals surface area contributed by atoms with Gasteiger partial charge in [-0.2, -0.15) is 4.68 Å². The molecule has 0 fully saturated rings. The summed E-state index contributed by atoms with van der Waals surface area (Å²) in [6, 6.07) is 12.7. The van der Waals surface area contributed by atoms with Gasteiger partial charge in [0.05, 0.1) is 23.9 Å². The minimum Gasteiger partial charge on any atom is -0.394 e. The molecule has 1 amide bonds. The zero-order valence-corrected chi connectivity index (χ0v) is 13.2. The molecule has 3 aromatic rings. The van der Waals surface area contributed by atoms with E-state index in [0.717, 1.165) is 11.6 Å². The molecule has 128 valence electrons. The highest BCUT2D eigenvalue weighted by atomic mass is 19.1. The largest absolute Gasteiger partial charge is 0.394 e. The highest BCUT2D eigenvalue weighted by Crippen LogP contribution is 2.15. The van der Waals surface area contributed by atoms with Crippen molar-refractivity contribution in [3.63, 3.8) is 0 Å². The van der Waals surface area contributed by atoms with E-state index in [-0.39, 0.29) is 12.2 Å². The Kier molecular flexibility index (Phi) is 5.10. The third-order valence-corrected chi connectivity index (χ3v) is 3.68. The highest BCUT2D eigenvalue weighted by Gasteiger charge is 2.18. The average Bonchev–Trinajstić information content (AvgIpc) is 3.16. The summed E-state index contributed by atoms with van der Waals surface area (Å²) in [5, 5.41) is 23.1. The van der Waals surface area contributed by atoms with Gasteiger partial charge in [-0.3, -0.25) is 4.79 Å². The first-order chi connectivity index (χ1) is 12.2. The van der Waals surface area contributed by atoms with Gasteiger partial charge in [0.1, 0.15) is 12.1 Å². The van der Waals surface area contributed by atoms with Crippen LogP contribution in [0.5, 0.6) is 0 Å². The number of carbonyl (C=O) groups is 1. The number of amides is 1. The molecule has 0 spiro atoms. The SMILES string of the molecule is O=C(N[C@H](CO)Cc1ccccc1)c1cc(F)ccc1-n1cnnn1.